The van der Waals surface area contributed by atoms with Gasteiger partial charge in [-0.3, -0.25) is 4.79 Å². The van der Waals surface area contributed by atoms with Crippen molar-refractivity contribution in [1.82, 2.24) is 5.43 Å². The first-order chi connectivity index (χ1) is 16.4. The zero-order chi connectivity index (χ0) is 24.1. The minimum absolute atomic E-state index is 0.182. The summed E-state index contributed by atoms with van der Waals surface area (Å²) in [4.78, 5) is 12.5. The predicted molar refractivity (Wildman–Crippen MR) is 138 cm³/mol. The molecule has 0 aliphatic heterocycles. The number of carbonyl (C=O) groups is 1. The number of hydrogen-bond acceptors (Lipinski definition) is 4. The fourth-order valence-electron chi connectivity index (χ4n) is 3.30. The minimum atomic E-state index is -0.320. The van der Waals surface area contributed by atoms with Crippen molar-refractivity contribution < 1.29 is 14.3 Å². The lowest BCUT2D eigenvalue weighted by Crippen LogP contribution is -2.17. The van der Waals surface area contributed by atoms with Gasteiger partial charge in [-0.15, -0.1) is 0 Å². The second-order valence-corrected chi connectivity index (χ2v) is 8.57. The molecule has 4 aromatic rings. The van der Waals surface area contributed by atoms with Crippen molar-refractivity contribution in [3.05, 3.63) is 105 Å². The van der Waals surface area contributed by atoms with E-state index in [4.69, 9.17) is 44.3 Å². The van der Waals surface area contributed by atoms with Gasteiger partial charge in [0.05, 0.1) is 18.3 Å². The molecule has 0 aliphatic carbocycles. The van der Waals surface area contributed by atoms with E-state index in [0.717, 1.165) is 16.3 Å². The molecule has 8 heteroatoms. The van der Waals surface area contributed by atoms with E-state index in [1.54, 1.807) is 36.4 Å². The first kappa shape index (κ1) is 23.9. The normalized spacial score (nSPS) is 11.1. The highest BCUT2D eigenvalue weighted by molar-refractivity contribution is 6.35. The predicted octanol–water partition coefficient (Wildman–Crippen LogP) is 7.15. The maximum Gasteiger partial charge on any atom is 0.271 e. The molecule has 0 aromatic heterocycles. The van der Waals surface area contributed by atoms with Crippen LogP contribution in [-0.2, 0) is 6.61 Å². The van der Waals surface area contributed by atoms with Crippen LogP contribution in [-0.4, -0.2) is 19.2 Å². The fourth-order valence-corrected chi connectivity index (χ4v) is 4.04. The van der Waals surface area contributed by atoms with Gasteiger partial charge in [0.2, 0.25) is 0 Å². The molecule has 172 valence electrons. The van der Waals surface area contributed by atoms with E-state index >= 15 is 0 Å². The molecule has 0 radical (unpaired) electrons. The Morgan fingerprint density at radius 1 is 0.941 bits per heavy atom. The molecule has 4 aromatic carbocycles. The van der Waals surface area contributed by atoms with E-state index in [9.17, 15) is 4.79 Å². The van der Waals surface area contributed by atoms with Crippen LogP contribution in [0, 0.1) is 0 Å². The summed E-state index contributed by atoms with van der Waals surface area (Å²) in [5.74, 6) is 0.465. The fraction of sp³-hybridized carbons (Fsp3) is 0.0769. The van der Waals surface area contributed by atoms with Gasteiger partial charge in [0, 0.05) is 21.2 Å². The summed E-state index contributed by atoms with van der Waals surface area (Å²) in [6, 6.07) is 21.8. The molecular weight excluding hydrogens is 495 g/mol. The van der Waals surface area contributed by atoms with Crippen molar-refractivity contribution in [3.8, 4) is 11.5 Å². The largest absolute Gasteiger partial charge is 0.493 e. The number of fused-ring (bicyclic) bond motifs is 1. The number of rotatable bonds is 7. The lowest BCUT2D eigenvalue weighted by Gasteiger charge is -2.14. The monoisotopic (exact) mass is 512 g/mol. The number of nitrogens with zero attached hydrogens (tertiary/aromatic N) is 1. The number of nitrogens with one attached hydrogen (secondary N) is 1. The summed E-state index contributed by atoms with van der Waals surface area (Å²) in [5.41, 5.74) is 4.42. The third-order valence-electron chi connectivity index (χ3n) is 5.03. The lowest BCUT2D eigenvalue weighted by atomic mass is 10.1. The summed E-state index contributed by atoms with van der Waals surface area (Å²) in [5, 5.41) is 7.45. The van der Waals surface area contributed by atoms with Crippen LogP contribution < -0.4 is 14.9 Å². The van der Waals surface area contributed by atoms with Crippen molar-refractivity contribution in [1.29, 1.82) is 0 Å². The highest BCUT2D eigenvalue weighted by Crippen LogP contribution is 2.37. The van der Waals surface area contributed by atoms with Gasteiger partial charge in [-0.05, 0) is 52.7 Å². The molecule has 0 atom stereocenters. The van der Waals surface area contributed by atoms with Gasteiger partial charge in [0.15, 0.2) is 11.5 Å². The van der Waals surface area contributed by atoms with Crippen molar-refractivity contribution in [2.24, 2.45) is 5.10 Å². The number of hydrazone groups is 1. The van der Waals surface area contributed by atoms with Crippen molar-refractivity contribution >= 4 is 57.7 Å². The van der Waals surface area contributed by atoms with Gasteiger partial charge < -0.3 is 9.47 Å². The number of methoxy groups -OCH3 is 1. The molecule has 5 nitrogen and oxygen atoms in total. The summed E-state index contributed by atoms with van der Waals surface area (Å²) in [6.45, 7) is 0.182. The second kappa shape index (κ2) is 10.8. The topological polar surface area (TPSA) is 59.9 Å². The molecule has 0 fully saturated rings. The van der Waals surface area contributed by atoms with Crippen LogP contribution in [0.5, 0.6) is 11.5 Å². The highest BCUT2D eigenvalue weighted by atomic mass is 35.5. The van der Waals surface area contributed by atoms with Gasteiger partial charge in [-0.2, -0.15) is 5.10 Å². The highest BCUT2D eigenvalue weighted by Gasteiger charge is 2.13. The number of benzene rings is 4. The molecule has 0 saturated heterocycles. The SMILES string of the molecule is COc1cc(/C=N\NC(=O)c2ccc3ccccc3c2)cc(Cl)c1OCc1ccc(Cl)cc1Cl. The maximum absolute atomic E-state index is 12.5. The van der Waals surface area contributed by atoms with Crippen molar-refractivity contribution in [3.63, 3.8) is 0 Å². The summed E-state index contributed by atoms with van der Waals surface area (Å²) >= 11 is 18.6. The molecule has 0 spiro atoms. The Kier molecular flexibility index (Phi) is 7.58. The quantitative estimate of drug-likeness (QED) is 0.211. The Hall–Kier alpha value is -3.25. The van der Waals surface area contributed by atoms with E-state index in [1.165, 1.54) is 13.3 Å². The molecule has 1 N–H and O–H groups in total. The van der Waals surface area contributed by atoms with E-state index < -0.39 is 0 Å². The van der Waals surface area contributed by atoms with E-state index in [-0.39, 0.29) is 12.5 Å². The Bertz CT molecular complexity index is 1390. The lowest BCUT2D eigenvalue weighted by molar-refractivity contribution is 0.0955. The molecule has 0 heterocycles. The minimum Gasteiger partial charge on any atom is -0.493 e. The second-order valence-electron chi connectivity index (χ2n) is 7.32. The summed E-state index contributed by atoms with van der Waals surface area (Å²) < 4.78 is 11.3. The molecule has 1 amide bonds. The van der Waals surface area contributed by atoms with E-state index in [2.05, 4.69) is 10.5 Å². The number of halogens is 3. The molecule has 0 saturated carbocycles. The molecule has 0 aliphatic rings. The Morgan fingerprint density at radius 2 is 1.74 bits per heavy atom. The molecular formula is C26H19Cl3N2O3. The zero-order valence-corrected chi connectivity index (χ0v) is 20.3. The zero-order valence-electron chi connectivity index (χ0n) is 18.0. The van der Waals surface area contributed by atoms with Crippen LogP contribution in [0.4, 0.5) is 0 Å². The summed E-state index contributed by atoms with van der Waals surface area (Å²) in [7, 11) is 1.51. The van der Waals surface area contributed by atoms with Crippen molar-refractivity contribution in [2.75, 3.05) is 7.11 Å². The maximum atomic E-state index is 12.5. The van der Waals surface area contributed by atoms with Crippen LogP contribution in [0.15, 0.2) is 77.9 Å². The average molecular weight is 514 g/mol. The number of carbonyl (C=O) groups excluding carboxylic acids is 1. The van der Waals surface area contributed by atoms with Crippen LogP contribution in [0.3, 0.4) is 0 Å². The van der Waals surface area contributed by atoms with Crippen molar-refractivity contribution in [2.45, 2.75) is 6.61 Å². The van der Waals surface area contributed by atoms with Crippen LogP contribution in [0.1, 0.15) is 21.5 Å². The summed E-state index contributed by atoms with van der Waals surface area (Å²) in [6.07, 6.45) is 1.48. The standard InChI is InChI=1S/C26H19Cl3N2O3/c1-33-24-11-16(10-23(29)25(24)34-15-20-8-9-21(27)13-22(20)28)14-30-31-26(32)19-7-6-17-4-2-3-5-18(17)12-19/h2-14H,15H2,1H3,(H,31,32)/b30-14-. The number of ether oxygens (including phenoxy) is 2. The number of hydrogen-bond donors (Lipinski definition) is 1. The van der Waals surface area contributed by atoms with Crippen LogP contribution >= 0.6 is 34.8 Å². The molecule has 0 unspecified atom stereocenters. The van der Waals surface area contributed by atoms with Gasteiger partial charge in [-0.25, -0.2) is 5.43 Å². The third-order valence-corrected chi connectivity index (χ3v) is 5.90. The Morgan fingerprint density at radius 3 is 2.50 bits per heavy atom. The molecule has 34 heavy (non-hydrogen) atoms. The Labute approximate surface area is 211 Å². The first-order valence-corrected chi connectivity index (χ1v) is 11.3. The first-order valence-electron chi connectivity index (χ1n) is 10.2. The van der Waals surface area contributed by atoms with Gasteiger partial charge in [0.1, 0.15) is 6.61 Å². The Balaban J connectivity index is 1.45. The van der Waals surface area contributed by atoms with Crippen LogP contribution in [0.25, 0.3) is 10.8 Å². The smallest absolute Gasteiger partial charge is 0.271 e. The van der Waals surface area contributed by atoms with E-state index in [0.29, 0.717) is 37.7 Å². The van der Waals surface area contributed by atoms with E-state index in [1.807, 2.05) is 36.4 Å². The van der Waals surface area contributed by atoms with Crippen LogP contribution in [0.2, 0.25) is 15.1 Å². The average Bonchev–Trinajstić information content (AvgIpc) is 2.83. The van der Waals surface area contributed by atoms with Gasteiger partial charge in [0.25, 0.3) is 5.91 Å². The number of amides is 1. The molecule has 4 rings (SSSR count). The van der Waals surface area contributed by atoms with Gasteiger partial charge >= 0.3 is 0 Å². The molecule has 0 bridgehead atoms. The van der Waals surface area contributed by atoms with Gasteiger partial charge in [-0.1, -0.05) is 71.2 Å². The third kappa shape index (κ3) is 5.62.